The first-order chi connectivity index (χ1) is 7.36. The normalized spacial score (nSPS) is 40.1. The SMILES string of the molecule is CCOC(=O)C1C(=O)C2(C)CC[C@H]1C2(C)C. The average Bonchev–Trinajstić information content (AvgIpc) is 2.50. The number of fused-ring (bicyclic) bond motifs is 2. The van der Waals surface area contributed by atoms with Crippen LogP contribution in [-0.2, 0) is 14.3 Å². The quantitative estimate of drug-likeness (QED) is 0.533. The molecule has 2 fully saturated rings. The summed E-state index contributed by atoms with van der Waals surface area (Å²) >= 11 is 0. The van der Waals surface area contributed by atoms with E-state index in [1.807, 2.05) is 6.92 Å². The van der Waals surface area contributed by atoms with E-state index in [1.54, 1.807) is 6.92 Å². The lowest BCUT2D eigenvalue weighted by atomic mass is 9.70. The summed E-state index contributed by atoms with van der Waals surface area (Å²) < 4.78 is 5.03. The van der Waals surface area contributed by atoms with Crippen LogP contribution in [0.1, 0.15) is 40.5 Å². The van der Waals surface area contributed by atoms with Gasteiger partial charge in [0.05, 0.1) is 6.61 Å². The number of hydrogen-bond acceptors (Lipinski definition) is 3. The van der Waals surface area contributed by atoms with Crippen LogP contribution in [0, 0.1) is 22.7 Å². The van der Waals surface area contributed by atoms with Crippen molar-refractivity contribution < 1.29 is 14.3 Å². The first-order valence-corrected chi connectivity index (χ1v) is 6.07. The van der Waals surface area contributed by atoms with E-state index in [9.17, 15) is 9.59 Å². The Morgan fingerprint density at radius 3 is 2.50 bits per heavy atom. The molecule has 0 radical (unpaired) electrons. The van der Waals surface area contributed by atoms with E-state index >= 15 is 0 Å². The van der Waals surface area contributed by atoms with Crippen molar-refractivity contribution in [3.8, 4) is 0 Å². The Hall–Kier alpha value is -0.860. The minimum atomic E-state index is -0.506. The molecule has 0 spiro atoms. The highest BCUT2D eigenvalue weighted by Gasteiger charge is 2.68. The van der Waals surface area contributed by atoms with Gasteiger partial charge in [-0.25, -0.2) is 0 Å². The van der Waals surface area contributed by atoms with Crippen molar-refractivity contribution in [1.29, 1.82) is 0 Å². The first-order valence-electron chi connectivity index (χ1n) is 6.07. The van der Waals surface area contributed by atoms with Crippen molar-refractivity contribution >= 4 is 11.8 Å². The summed E-state index contributed by atoms with van der Waals surface area (Å²) in [4.78, 5) is 24.2. The second-order valence-corrected chi connectivity index (χ2v) is 5.79. The zero-order chi connectivity index (χ0) is 12.1. The Bertz CT molecular complexity index is 345. The number of carbonyl (C=O) groups excluding carboxylic acids is 2. The minimum absolute atomic E-state index is 0.0679. The molecule has 2 rings (SSSR count). The Labute approximate surface area is 96.5 Å². The summed E-state index contributed by atoms with van der Waals surface area (Å²) in [6.07, 6.45) is 1.89. The maximum Gasteiger partial charge on any atom is 0.316 e. The van der Waals surface area contributed by atoms with Gasteiger partial charge < -0.3 is 4.74 Å². The lowest BCUT2D eigenvalue weighted by Gasteiger charge is -2.32. The molecule has 2 unspecified atom stereocenters. The van der Waals surface area contributed by atoms with Crippen LogP contribution < -0.4 is 0 Å². The number of ketones is 1. The molecule has 0 aromatic rings. The second-order valence-electron chi connectivity index (χ2n) is 5.79. The summed E-state index contributed by atoms with van der Waals surface area (Å²) in [6, 6.07) is 0. The molecule has 0 N–H and O–H groups in total. The zero-order valence-electron chi connectivity index (χ0n) is 10.5. The zero-order valence-corrected chi connectivity index (χ0v) is 10.5. The van der Waals surface area contributed by atoms with Gasteiger partial charge in [-0.15, -0.1) is 0 Å². The van der Waals surface area contributed by atoms with Gasteiger partial charge in [0, 0.05) is 5.41 Å². The molecule has 0 heterocycles. The van der Waals surface area contributed by atoms with Gasteiger partial charge >= 0.3 is 5.97 Å². The molecule has 3 heteroatoms. The monoisotopic (exact) mass is 224 g/mol. The molecule has 2 aliphatic rings. The third kappa shape index (κ3) is 1.14. The third-order valence-electron chi connectivity index (χ3n) is 5.07. The van der Waals surface area contributed by atoms with E-state index in [4.69, 9.17) is 4.74 Å². The van der Waals surface area contributed by atoms with Gasteiger partial charge in [-0.05, 0) is 31.1 Å². The molecule has 0 aromatic carbocycles. The topological polar surface area (TPSA) is 43.4 Å². The van der Waals surface area contributed by atoms with Gasteiger partial charge in [0.15, 0.2) is 5.78 Å². The van der Waals surface area contributed by atoms with Crippen LogP contribution in [-0.4, -0.2) is 18.4 Å². The van der Waals surface area contributed by atoms with Gasteiger partial charge in [0.1, 0.15) is 5.92 Å². The molecule has 3 atom stereocenters. The highest BCUT2D eigenvalue weighted by atomic mass is 16.5. The molecular formula is C13H20O3. The summed E-state index contributed by atoms with van der Waals surface area (Å²) in [5, 5.41) is 0. The molecule has 0 saturated heterocycles. The molecule has 90 valence electrons. The van der Waals surface area contributed by atoms with Crippen LogP contribution >= 0.6 is 0 Å². The summed E-state index contributed by atoms with van der Waals surface area (Å²) in [5.74, 6) is -0.543. The number of carbonyl (C=O) groups is 2. The maximum atomic E-state index is 12.3. The van der Waals surface area contributed by atoms with E-state index in [-0.39, 0.29) is 28.5 Å². The van der Waals surface area contributed by atoms with Crippen molar-refractivity contribution in [2.24, 2.45) is 22.7 Å². The highest BCUT2D eigenvalue weighted by Crippen LogP contribution is 2.65. The summed E-state index contributed by atoms with van der Waals surface area (Å²) in [5.41, 5.74) is -0.392. The predicted octanol–water partition coefficient (Wildman–Crippen LogP) is 2.19. The van der Waals surface area contributed by atoms with E-state index in [0.717, 1.165) is 12.8 Å². The van der Waals surface area contributed by atoms with Gasteiger partial charge in [0.2, 0.25) is 0 Å². The van der Waals surface area contributed by atoms with Gasteiger partial charge in [-0.2, -0.15) is 0 Å². The lowest BCUT2D eigenvalue weighted by Crippen LogP contribution is -2.36. The molecule has 3 nitrogen and oxygen atoms in total. The number of rotatable bonds is 2. The van der Waals surface area contributed by atoms with Crippen molar-refractivity contribution in [3.05, 3.63) is 0 Å². The third-order valence-corrected chi connectivity index (χ3v) is 5.07. The van der Waals surface area contributed by atoms with Crippen LogP contribution in [0.15, 0.2) is 0 Å². The lowest BCUT2D eigenvalue weighted by molar-refractivity contribution is -0.154. The molecule has 0 amide bonds. The van der Waals surface area contributed by atoms with Gasteiger partial charge in [-0.3, -0.25) is 9.59 Å². The van der Waals surface area contributed by atoms with Gasteiger partial charge in [-0.1, -0.05) is 20.8 Å². The Kier molecular flexibility index (Phi) is 2.41. The predicted molar refractivity (Wildman–Crippen MR) is 59.7 cm³/mol. The Morgan fingerprint density at radius 2 is 2.06 bits per heavy atom. The average molecular weight is 224 g/mol. The van der Waals surface area contributed by atoms with Gasteiger partial charge in [0.25, 0.3) is 0 Å². The fraction of sp³-hybridized carbons (Fsp3) is 0.846. The number of esters is 1. The highest BCUT2D eigenvalue weighted by molar-refractivity contribution is 6.05. The Morgan fingerprint density at radius 1 is 1.44 bits per heavy atom. The second kappa shape index (κ2) is 3.31. The first kappa shape index (κ1) is 11.6. The van der Waals surface area contributed by atoms with E-state index < -0.39 is 5.92 Å². The standard InChI is InChI=1S/C13H20O3/c1-5-16-11(15)9-8-6-7-13(4,10(9)14)12(8,2)3/h8-9H,5-7H2,1-4H3/t8-,9?,13?/m1/s1. The van der Waals surface area contributed by atoms with Crippen LogP contribution in [0.25, 0.3) is 0 Å². The van der Waals surface area contributed by atoms with Crippen molar-refractivity contribution in [3.63, 3.8) is 0 Å². The van der Waals surface area contributed by atoms with Crippen molar-refractivity contribution in [2.75, 3.05) is 6.61 Å². The molecule has 16 heavy (non-hydrogen) atoms. The molecular weight excluding hydrogens is 204 g/mol. The van der Waals surface area contributed by atoms with Crippen molar-refractivity contribution in [1.82, 2.24) is 0 Å². The van der Waals surface area contributed by atoms with Crippen molar-refractivity contribution in [2.45, 2.75) is 40.5 Å². The van der Waals surface area contributed by atoms with Crippen LogP contribution in [0.2, 0.25) is 0 Å². The smallest absolute Gasteiger partial charge is 0.316 e. The Balaban J connectivity index is 2.33. The fourth-order valence-corrected chi connectivity index (χ4v) is 3.59. The summed E-state index contributed by atoms with van der Waals surface area (Å²) in [7, 11) is 0. The molecule has 2 aliphatic carbocycles. The number of Topliss-reactive ketones (excluding diaryl/α,β-unsaturated/α-hetero) is 1. The number of ether oxygens (including phenoxy) is 1. The van der Waals surface area contributed by atoms with Crippen LogP contribution in [0.4, 0.5) is 0 Å². The fourth-order valence-electron chi connectivity index (χ4n) is 3.59. The van der Waals surface area contributed by atoms with E-state index in [0.29, 0.717) is 6.61 Å². The van der Waals surface area contributed by atoms with Crippen LogP contribution in [0.5, 0.6) is 0 Å². The van der Waals surface area contributed by atoms with E-state index in [2.05, 4.69) is 13.8 Å². The van der Waals surface area contributed by atoms with Crippen LogP contribution in [0.3, 0.4) is 0 Å². The molecule has 0 aliphatic heterocycles. The summed E-state index contributed by atoms with van der Waals surface area (Å²) in [6.45, 7) is 8.37. The number of hydrogen-bond donors (Lipinski definition) is 0. The largest absolute Gasteiger partial charge is 0.465 e. The molecule has 2 bridgehead atoms. The molecule has 0 aromatic heterocycles. The molecule has 2 saturated carbocycles. The maximum absolute atomic E-state index is 12.3. The van der Waals surface area contributed by atoms with E-state index in [1.165, 1.54) is 0 Å². The minimum Gasteiger partial charge on any atom is -0.465 e.